The number of nitrogens with one attached hydrogen (secondary N) is 1. The van der Waals surface area contributed by atoms with E-state index in [0.29, 0.717) is 12.0 Å². The fourth-order valence-electron chi connectivity index (χ4n) is 2.49. The highest BCUT2D eigenvalue weighted by atomic mass is 35.5. The molecule has 0 saturated carbocycles. The summed E-state index contributed by atoms with van der Waals surface area (Å²) in [4.78, 5) is 2.15. The molecule has 1 saturated heterocycles. The maximum atomic E-state index is 13.9. The standard InChI is InChI=1S/C13H17ClF2N2.2ClH/c1-2-11(18-7-5-17-6-8-18)12-9(15)3-4-10(16)13(12)14;;/h3-4,11,17H,2,5-8H2,1H3;2*1H/t11-;;/m0../s1. The third-order valence-electron chi connectivity index (χ3n) is 3.39. The molecule has 20 heavy (non-hydrogen) atoms. The Morgan fingerprint density at radius 2 is 1.75 bits per heavy atom. The molecule has 0 spiro atoms. The van der Waals surface area contributed by atoms with Crippen LogP contribution in [0.25, 0.3) is 0 Å². The zero-order valence-corrected chi connectivity index (χ0v) is 13.6. The monoisotopic (exact) mass is 346 g/mol. The van der Waals surface area contributed by atoms with E-state index in [0.717, 1.165) is 38.3 Å². The number of rotatable bonds is 3. The van der Waals surface area contributed by atoms with E-state index in [4.69, 9.17) is 11.6 Å². The Morgan fingerprint density at radius 3 is 2.30 bits per heavy atom. The van der Waals surface area contributed by atoms with Crippen molar-refractivity contribution in [2.45, 2.75) is 19.4 Å². The summed E-state index contributed by atoms with van der Waals surface area (Å²) in [6, 6.07) is 2.07. The summed E-state index contributed by atoms with van der Waals surface area (Å²) in [6.45, 7) is 5.35. The minimum Gasteiger partial charge on any atom is -0.314 e. The summed E-state index contributed by atoms with van der Waals surface area (Å²) in [5.41, 5.74) is 0.293. The SMILES string of the molecule is CC[C@@H](c1c(F)ccc(F)c1Cl)N1CCNCC1.Cl.Cl. The van der Waals surface area contributed by atoms with Crippen LogP contribution >= 0.6 is 36.4 Å². The fourth-order valence-corrected chi connectivity index (χ4v) is 2.77. The van der Waals surface area contributed by atoms with Crippen LogP contribution in [-0.2, 0) is 0 Å². The average Bonchev–Trinajstić information content (AvgIpc) is 2.40. The van der Waals surface area contributed by atoms with E-state index in [2.05, 4.69) is 10.2 Å². The average molecular weight is 348 g/mol. The maximum Gasteiger partial charge on any atom is 0.142 e. The summed E-state index contributed by atoms with van der Waals surface area (Å²) in [6.07, 6.45) is 0.708. The number of benzene rings is 1. The van der Waals surface area contributed by atoms with Crippen molar-refractivity contribution in [3.8, 4) is 0 Å². The van der Waals surface area contributed by atoms with Gasteiger partial charge in [-0.05, 0) is 18.6 Å². The molecule has 0 amide bonds. The quantitative estimate of drug-likeness (QED) is 0.836. The molecular weight excluding hydrogens is 329 g/mol. The second kappa shape index (κ2) is 9.00. The Balaban J connectivity index is 0.00000180. The molecule has 0 radical (unpaired) electrons. The van der Waals surface area contributed by atoms with E-state index < -0.39 is 11.6 Å². The van der Waals surface area contributed by atoms with Crippen LogP contribution in [0.4, 0.5) is 8.78 Å². The van der Waals surface area contributed by atoms with E-state index in [-0.39, 0.29) is 35.9 Å². The summed E-state index contributed by atoms with van der Waals surface area (Å²) >= 11 is 5.93. The van der Waals surface area contributed by atoms with Gasteiger partial charge in [0, 0.05) is 37.8 Å². The first-order valence-corrected chi connectivity index (χ1v) is 6.61. The maximum absolute atomic E-state index is 13.9. The van der Waals surface area contributed by atoms with Crippen LogP contribution in [0.3, 0.4) is 0 Å². The second-order valence-corrected chi connectivity index (χ2v) is 4.84. The van der Waals surface area contributed by atoms with E-state index in [9.17, 15) is 8.78 Å². The predicted molar refractivity (Wildman–Crippen MR) is 83.3 cm³/mol. The molecule has 1 heterocycles. The van der Waals surface area contributed by atoms with Crippen LogP contribution in [0.2, 0.25) is 5.02 Å². The van der Waals surface area contributed by atoms with E-state index in [1.165, 1.54) is 0 Å². The van der Waals surface area contributed by atoms with Crippen LogP contribution < -0.4 is 5.32 Å². The smallest absolute Gasteiger partial charge is 0.142 e. The molecule has 7 heteroatoms. The minimum absolute atomic E-state index is 0. The number of hydrogen-bond acceptors (Lipinski definition) is 2. The van der Waals surface area contributed by atoms with Crippen molar-refractivity contribution in [1.82, 2.24) is 10.2 Å². The van der Waals surface area contributed by atoms with Gasteiger partial charge in [0.1, 0.15) is 11.6 Å². The Morgan fingerprint density at radius 1 is 1.20 bits per heavy atom. The molecule has 2 rings (SSSR count). The van der Waals surface area contributed by atoms with E-state index in [1.807, 2.05) is 6.92 Å². The highest BCUT2D eigenvalue weighted by molar-refractivity contribution is 6.31. The largest absolute Gasteiger partial charge is 0.314 e. The van der Waals surface area contributed by atoms with Crippen molar-refractivity contribution in [2.75, 3.05) is 26.2 Å². The molecule has 1 aliphatic rings. The van der Waals surface area contributed by atoms with Gasteiger partial charge in [-0.2, -0.15) is 0 Å². The van der Waals surface area contributed by atoms with Gasteiger partial charge < -0.3 is 5.32 Å². The first-order valence-electron chi connectivity index (χ1n) is 6.23. The summed E-state index contributed by atoms with van der Waals surface area (Å²) in [5, 5.41) is 3.16. The van der Waals surface area contributed by atoms with Crippen molar-refractivity contribution >= 4 is 36.4 Å². The zero-order chi connectivity index (χ0) is 13.1. The van der Waals surface area contributed by atoms with Crippen molar-refractivity contribution in [3.63, 3.8) is 0 Å². The molecule has 0 bridgehead atoms. The molecule has 1 fully saturated rings. The number of piperazine rings is 1. The first-order chi connectivity index (χ1) is 8.65. The molecule has 1 N–H and O–H groups in total. The minimum atomic E-state index is -0.554. The lowest BCUT2D eigenvalue weighted by molar-refractivity contribution is 0.166. The summed E-state index contributed by atoms with van der Waals surface area (Å²) in [7, 11) is 0. The highest BCUT2D eigenvalue weighted by Crippen LogP contribution is 2.34. The highest BCUT2D eigenvalue weighted by Gasteiger charge is 2.26. The fraction of sp³-hybridized carbons (Fsp3) is 0.538. The Kier molecular flexibility index (Phi) is 8.95. The first kappa shape index (κ1) is 19.9. The van der Waals surface area contributed by atoms with Gasteiger partial charge in [-0.1, -0.05) is 18.5 Å². The van der Waals surface area contributed by atoms with Gasteiger partial charge >= 0.3 is 0 Å². The van der Waals surface area contributed by atoms with Crippen LogP contribution in [0.1, 0.15) is 24.9 Å². The molecule has 1 atom stereocenters. The van der Waals surface area contributed by atoms with Crippen molar-refractivity contribution in [2.24, 2.45) is 0 Å². The van der Waals surface area contributed by atoms with Crippen molar-refractivity contribution in [3.05, 3.63) is 34.4 Å². The predicted octanol–water partition coefficient (Wildman–Crippen LogP) is 3.82. The molecule has 116 valence electrons. The van der Waals surface area contributed by atoms with Gasteiger partial charge in [-0.25, -0.2) is 8.78 Å². The van der Waals surface area contributed by atoms with Gasteiger partial charge in [0.2, 0.25) is 0 Å². The van der Waals surface area contributed by atoms with Gasteiger partial charge in [0.25, 0.3) is 0 Å². The van der Waals surface area contributed by atoms with Crippen LogP contribution in [0.5, 0.6) is 0 Å². The van der Waals surface area contributed by atoms with Gasteiger partial charge in [-0.15, -0.1) is 24.8 Å². The topological polar surface area (TPSA) is 15.3 Å². The van der Waals surface area contributed by atoms with Crippen LogP contribution in [0.15, 0.2) is 12.1 Å². The van der Waals surface area contributed by atoms with Crippen molar-refractivity contribution < 1.29 is 8.78 Å². The van der Waals surface area contributed by atoms with Crippen molar-refractivity contribution in [1.29, 1.82) is 0 Å². The summed E-state index contributed by atoms with van der Waals surface area (Å²) in [5.74, 6) is -0.978. The molecule has 1 aromatic carbocycles. The second-order valence-electron chi connectivity index (χ2n) is 4.47. The molecule has 0 aromatic heterocycles. The lowest BCUT2D eigenvalue weighted by Gasteiger charge is -2.35. The third-order valence-corrected chi connectivity index (χ3v) is 3.78. The van der Waals surface area contributed by atoms with Gasteiger partial charge in [-0.3, -0.25) is 4.90 Å². The lowest BCUT2D eigenvalue weighted by Crippen LogP contribution is -2.45. The molecule has 1 aromatic rings. The zero-order valence-electron chi connectivity index (χ0n) is 11.2. The van der Waals surface area contributed by atoms with Gasteiger partial charge in [0.05, 0.1) is 5.02 Å². The normalized spacial score (nSPS) is 17.0. The molecular formula is C13H19Cl3F2N2. The van der Waals surface area contributed by atoms with Gasteiger partial charge in [0.15, 0.2) is 0 Å². The van der Waals surface area contributed by atoms with E-state index >= 15 is 0 Å². The Hall–Kier alpha value is -0.130. The molecule has 2 nitrogen and oxygen atoms in total. The lowest BCUT2D eigenvalue weighted by atomic mass is 10.0. The number of hydrogen-bond donors (Lipinski definition) is 1. The Labute approximate surface area is 135 Å². The van der Waals surface area contributed by atoms with E-state index in [1.54, 1.807) is 0 Å². The van der Waals surface area contributed by atoms with Crippen LogP contribution in [0, 0.1) is 11.6 Å². The number of nitrogens with zero attached hydrogens (tertiary/aromatic N) is 1. The molecule has 0 aliphatic carbocycles. The molecule has 0 unspecified atom stereocenters. The Bertz CT molecular complexity index is 426. The van der Waals surface area contributed by atoms with Crippen LogP contribution in [-0.4, -0.2) is 31.1 Å². The third kappa shape index (κ3) is 4.18. The number of halogens is 5. The summed E-state index contributed by atoms with van der Waals surface area (Å²) < 4.78 is 27.4. The molecule has 1 aliphatic heterocycles.